The molecule has 1 aromatic rings. The van der Waals surface area contributed by atoms with Gasteiger partial charge < -0.3 is 4.90 Å². The van der Waals surface area contributed by atoms with Crippen molar-refractivity contribution in [2.45, 2.75) is 38.1 Å². The number of likely N-dealkylation sites (N-methyl/N-ethyl adjacent to an activating group) is 1. The molecule has 0 aromatic heterocycles. The molecule has 1 aromatic carbocycles. The van der Waals surface area contributed by atoms with Gasteiger partial charge in [0.15, 0.2) is 0 Å². The fraction of sp³-hybridized carbons (Fsp3) is 0.533. The van der Waals surface area contributed by atoms with E-state index < -0.39 is 10.0 Å². The Morgan fingerprint density at radius 3 is 2.29 bits per heavy atom. The maximum absolute atomic E-state index is 12.3. The highest BCUT2D eigenvalue weighted by Gasteiger charge is 2.18. The van der Waals surface area contributed by atoms with Gasteiger partial charge in [0.05, 0.1) is 17.4 Å². The standard InChI is InChI=1S/C15H23N3O2S/c1-4-18(5-2)12-13(3)17-21(19,20)15-8-6-14(7-9-15)10-11-16/h6-9,13,17H,4-5,10,12H2,1-3H3. The first-order valence-electron chi connectivity index (χ1n) is 7.13. The highest BCUT2D eigenvalue weighted by molar-refractivity contribution is 7.89. The van der Waals surface area contributed by atoms with Gasteiger partial charge in [-0.15, -0.1) is 0 Å². The summed E-state index contributed by atoms with van der Waals surface area (Å²) < 4.78 is 27.2. The molecule has 0 aliphatic rings. The van der Waals surface area contributed by atoms with E-state index in [1.54, 1.807) is 24.3 Å². The van der Waals surface area contributed by atoms with Crippen LogP contribution in [-0.2, 0) is 16.4 Å². The van der Waals surface area contributed by atoms with Crippen LogP contribution in [0.4, 0.5) is 0 Å². The third-order valence-electron chi connectivity index (χ3n) is 3.30. The third-order valence-corrected chi connectivity index (χ3v) is 4.91. The molecule has 0 aliphatic carbocycles. The molecular weight excluding hydrogens is 286 g/mol. The predicted molar refractivity (Wildman–Crippen MR) is 83.3 cm³/mol. The summed E-state index contributed by atoms with van der Waals surface area (Å²) in [5.41, 5.74) is 0.813. The first kappa shape index (κ1) is 17.6. The molecule has 0 saturated carbocycles. The molecule has 0 bridgehead atoms. The SMILES string of the molecule is CCN(CC)CC(C)NS(=O)(=O)c1ccc(CC#N)cc1. The number of sulfonamides is 1. The van der Waals surface area contributed by atoms with Crippen LogP contribution in [0.1, 0.15) is 26.3 Å². The van der Waals surface area contributed by atoms with Gasteiger partial charge in [-0.3, -0.25) is 0 Å². The Labute approximate surface area is 127 Å². The first-order chi connectivity index (χ1) is 9.92. The van der Waals surface area contributed by atoms with Crippen LogP contribution >= 0.6 is 0 Å². The molecule has 0 heterocycles. The molecule has 21 heavy (non-hydrogen) atoms. The Kier molecular flexibility index (Phi) is 6.82. The summed E-state index contributed by atoms with van der Waals surface area (Å²) in [6.07, 6.45) is 0.284. The minimum absolute atomic E-state index is 0.159. The molecule has 0 saturated heterocycles. The van der Waals surface area contributed by atoms with Crippen LogP contribution in [0.5, 0.6) is 0 Å². The first-order valence-corrected chi connectivity index (χ1v) is 8.61. The quantitative estimate of drug-likeness (QED) is 0.794. The third kappa shape index (κ3) is 5.46. The summed E-state index contributed by atoms with van der Waals surface area (Å²) in [5.74, 6) is 0. The van der Waals surface area contributed by atoms with E-state index >= 15 is 0 Å². The van der Waals surface area contributed by atoms with Gasteiger partial charge in [0.2, 0.25) is 10.0 Å². The van der Waals surface area contributed by atoms with Crippen LogP contribution < -0.4 is 4.72 Å². The maximum atomic E-state index is 12.3. The molecule has 0 fully saturated rings. The molecule has 1 N–H and O–H groups in total. The van der Waals surface area contributed by atoms with Crippen LogP contribution in [0, 0.1) is 11.3 Å². The van der Waals surface area contributed by atoms with Gasteiger partial charge in [-0.1, -0.05) is 26.0 Å². The van der Waals surface area contributed by atoms with Gasteiger partial charge in [-0.05, 0) is 37.7 Å². The summed E-state index contributed by atoms with van der Waals surface area (Å²) in [5, 5.41) is 8.61. The second kappa shape index (κ2) is 8.13. The summed E-state index contributed by atoms with van der Waals surface area (Å²) in [6, 6.07) is 8.31. The zero-order valence-corrected chi connectivity index (χ0v) is 13.7. The highest BCUT2D eigenvalue weighted by atomic mass is 32.2. The van der Waals surface area contributed by atoms with Gasteiger partial charge in [0.25, 0.3) is 0 Å². The molecule has 1 atom stereocenters. The van der Waals surface area contributed by atoms with Crippen molar-refractivity contribution in [2.75, 3.05) is 19.6 Å². The number of nitrogens with one attached hydrogen (secondary N) is 1. The average Bonchev–Trinajstić information content (AvgIpc) is 2.45. The fourth-order valence-corrected chi connectivity index (χ4v) is 3.35. The molecule has 1 unspecified atom stereocenters. The van der Waals surface area contributed by atoms with E-state index in [1.807, 2.05) is 13.0 Å². The topological polar surface area (TPSA) is 73.2 Å². The minimum Gasteiger partial charge on any atom is -0.302 e. The summed E-state index contributed by atoms with van der Waals surface area (Å²) in [7, 11) is -3.51. The van der Waals surface area contributed by atoms with Gasteiger partial charge in [0, 0.05) is 12.6 Å². The Bertz CT molecular complexity index is 572. The second-order valence-corrected chi connectivity index (χ2v) is 6.70. The van der Waals surface area contributed by atoms with Crippen LogP contribution in [0.15, 0.2) is 29.2 Å². The molecule has 0 aliphatic heterocycles. The zero-order valence-electron chi connectivity index (χ0n) is 12.8. The van der Waals surface area contributed by atoms with Crippen molar-refractivity contribution in [3.8, 4) is 6.07 Å². The zero-order chi connectivity index (χ0) is 15.9. The van der Waals surface area contributed by atoms with Crippen LogP contribution in [0.2, 0.25) is 0 Å². The number of benzene rings is 1. The number of hydrogen-bond acceptors (Lipinski definition) is 4. The monoisotopic (exact) mass is 309 g/mol. The number of nitriles is 1. The van der Waals surface area contributed by atoms with E-state index in [9.17, 15) is 8.42 Å². The van der Waals surface area contributed by atoms with Gasteiger partial charge in [0.1, 0.15) is 0 Å². The van der Waals surface area contributed by atoms with Gasteiger partial charge in [-0.2, -0.15) is 5.26 Å². The number of nitrogens with zero attached hydrogens (tertiary/aromatic N) is 2. The predicted octanol–water partition coefficient (Wildman–Crippen LogP) is 1.76. The lowest BCUT2D eigenvalue weighted by molar-refractivity contribution is 0.282. The van der Waals surface area contributed by atoms with E-state index in [0.29, 0.717) is 6.54 Å². The molecule has 0 amide bonds. The van der Waals surface area contributed by atoms with Crippen LogP contribution in [0.25, 0.3) is 0 Å². The number of rotatable bonds is 8. The summed E-state index contributed by atoms with van der Waals surface area (Å²) in [4.78, 5) is 2.40. The van der Waals surface area contributed by atoms with Crippen molar-refractivity contribution in [1.82, 2.24) is 9.62 Å². The Hall–Kier alpha value is -1.42. The van der Waals surface area contributed by atoms with E-state index in [2.05, 4.69) is 23.5 Å². The molecule has 0 spiro atoms. The van der Waals surface area contributed by atoms with E-state index in [4.69, 9.17) is 5.26 Å². The Morgan fingerprint density at radius 1 is 1.24 bits per heavy atom. The Balaban J connectivity index is 2.74. The molecule has 116 valence electrons. The van der Waals surface area contributed by atoms with Crippen molar-refractivity contribution in [2.24, 2.45) is 0 Å². The smallest absolute Gasteiger partial charge is 0.240 e. The summed E-state index contributed by atoms with van der Waals surface area (Å²) >= 11 is 0. The molecule has 1 rings (SSSR count). The van der Waals surface area contributed by atoms with Gasteiger partial charge >= 0.3 is 0 Å². The lowest BCUT2D eigenvalue weighted by Crippen LogP contribution is -2.41. The van der Waals surface area contributed by atoms with Crippen molar-refractivity contribution < 1.29 is 8.42 Å². The molecular formula is C15H23N3O2S. The second-order valence-electron chi connectivity index (χ2n) is 4.99. The highest BCUT2D eigenvalue weighted by Crippen LogP contribution is 2.11. The fourth-order valence-electron chi connectivity index (χ4n) is 2.12. The normalized spacial score (nSPS) is 13.1. The molecule has 0 radical (unpaired) electrons. The summed E-state index contributed by atoms with van der Waals surface area (Å²) in [6.45, 7) is 8.44. The molecule has 6 heteroatoms. The average molecular weight is 309 g/mol. The van der Waals surface area contributed by atoms with Crippen molar-refractivity contribution >= 4 is 10.0 Å². The lowest BCUT2D eigenvalue weighted by Gasteiger charge is -2.23. The lowest BCUT2D eigenvalue weighted by atomic mass is 10.2. The minimum atomic E-state index is -3.51. The van der Waals surface area contributed by atoms with Gasteiger partial charge in [-0.25, -0.2) is 13.1 Å². The van der Waals surface area contributed by atoms with Crippen LogP contribution in [0.3, 0.4) is 0 Å². The Morgan fingerprint density at radius 2 is 1.81 bits per heavy atom. The largest absolute Gasteiger partial charge is 0.302 e. The van der Waals surface area contributed by atoms with Crippen molar-refractivity contribution in [1.29, 1.82) is 5.26 Å². The van der Waals surface area contributed by atoms with E-state index in [-0.39, 0.29) is 17.4 Å². The van der Waals surface area contributed by atoms with E-state index in [1.165, 1.54) is 0 Å². The van der Waals surface area contributed by atoms with E-state index in [0.717, 1.165) is 18.7 Å². The molecule has 5 nitrogen and oxygen atoms in total. The maximum Gasteiger partial charge on any atom is 0.240 e. The number of hydrogen-bond donors (Lipinski definition) is 1. The van der Waals surface area contributed by atoms with Crippen molar-refractivity contribution in [3.63, 3.8) is 0 Å². The van der Waals surface area contributed by atoms with Crippen molar-refractivity contribution in [3.05, 3.63) is 29.8 Å². The van der Waals surface area contributed by atoms with Crippen LogP contribution in [-0.4, -0.2) is 39.0 Å².